The number of rotatable bonds is 16. The quantitative estimate of drug-likeness (QED) is 0.0285. The van der Waals surface area contributed by atoms with Crippen molar-refractivity contribution in [2.75, 3.05) is 26.4 Å². The van der Waals surface area contributed by atoms with Gasteiger partial charge >= 0.3 is 11.9 Å². The molecule has 9 rings (SSSR count). The molecule has 0 aromatic heterocycles. The van der Waals surface area contributed by atoms with E-state index >= 15 is 0 Å². The van der Waals surface area contributed by atoms with Crippen LogP contribution in [-0.4, -0.2) is 240 Å². The topological polar surface area (TPSA) is 397 Å². The van der Waals surface area contributed by atoms with Gasteiger partial charge in [-0.1, -0.05) is 72.6 Å². The predicted octanol–water partition coefficient (Wildman–Crippen LogP) is -1.16. The molecule has 9 aliphatic rings. The molecule has 8 fully saturated rings. The SMILES string of the molecule is CCCC=CC(=O)O[C@H]1CC(C)(C)C[C@H]2C3=CC[C@@H]4[C@@]5(C)CC[C@H](O[C@@H]6O[C@H](C(=O)O)[C@@H](O)[C@H](O[C@@H]7OC[C@H](O)[C@H](O)[C@H]7O[C@@H]7OC[C@@H](O)[C@H](O)[C@H]7O)[C@H]6O[C@@H]6O[C@H](CO)[C@H](O)[C@H](O)[C@H]6O)[C@@](C)(C=O)[C@@H]5CC[C@@]4(C)[C@]3(C)C[C@@H](O)[C@@]12CO. The lowest BCUT2D eigenvalue weighted by atomic mass is 9.33. The average molecular weight is 1190 g/mol. The third-order valence-electron chi connectivity index (χ3n) is 21.7. The predicted molar refractivity (Wildman–Crippen MR) is 282 cm³/mol. The maximum atomic E-state index is 14.1. The lowest BCUT2D eigenvalue weighted by molar-refractivity contribution is -0.398. The van der Waals surface area contributed by atoms with Crippen molar-refractivity contribution in [3.8, 4) is 0 Å². The zero-order valence-corrected chi connectivity index (χ0v) is 48.3. The Hall–Kier alpha value is -2.71. The second kappa shape index (κ2) is 24.3. The summed E-state index contributed by atoms with van der Waals surface area (Å²) in [6, 6.07) is 0. The van der Waals surface area contributed by atoms with Crippen LogP contribution in [0.15, 0.2) is 23.8 Å². The van der Waals surface area contributed by atoms with Crippen molar-refractivity contribution >= 4 is 18.2 Å². The molecule has 25 nitrogen and oxygen atoms in total. The summed E-state index contributed by atoms with van der Waals surface area (Å²) in [6.45, 7) is 12.1. The van der Waals surface area contributed by atoms with Crippen molar-refractivity contribution in [1.82, 2.24) is 0 Å². The summed E-state index contributed by atoms with van der Waals surface area (Å²) in [5.41, 5.74) is -3.45. The van der Waals surface area contributed by atoms with Gasteiger partial charge in [0.25, 0.3) is 0 Å². The first-order valence-corrected chi connectivity index (χ1v) is 29.5. The highest BCUT2D eigenvalue weighted by molar-refractivity contribution is 5.82. The molecule has 83 heavy (non-hydrogen) atoms. The molecule has 0 bridgehead atoms. The summed E-state index contributed by atoms with van der Waals surface area (Å²) < 4.78 is 54.5. The molecule has 5 aliphatic carbocycles. The van der Waals surface area contributed by atoms with Gasteiger partial charge in [0, 0.05) is 6.08 Å². The third-order valence-corrected chi connectivity index (χ3v) is 21.7. The minimum Gasteiger partial charge on any atom is -0.479 e. The van der Waals surface area contributed by atoms with Crippen molar-refractivity contribution in [2.45, 2.75) is 242 Å². The Bertz CT molecular complexity index is 2370. The van der Waals surface area contributed by atoms with E-state index in [0.29, 0.717) is 44.9 Å². The van der Waals surface area contributed by atoms with Gasteiger partial charge in [0.15, 0.2) is 31.3 Å². The normalized spacial score (nSPS) is 51.6. The highest BCUT2D eigenvalue weighted by Gasteiger charge is 2.73. The summed E-state index contributed by atoms with van der Waals surface area (Å²) in [5, 5.41) is 143. The number of unbranched alkanes of at least 4 members (excludes halogenated alkanes) is 1. The van der Waals surface area contributed by atoms with Crippen molar-refractivity contribution < 1.29 is 123 Å². The molecule has 25 heteroatoms. The molecule has 0 unspecified atom stereocenters. The molecule has 0 radical (unpaired) electrons. The number of allylic oxidation sites excluding steroid dienone is 3. The molecular formula is C58H90O25. The number of aliphatic carboxylic acids is 1. The molecule has 0 aromatic rings. The fraction of sp³-hybridized carbons (Fsp3) is 0.879. The molecule has 0 spiro atoms. The van der Waals surface area contributed by atoms with Crippen molar-refractivity contribution in [3.63, 3.8) is 0 Å². The van der Waals surface area contributed by atoms with Crippen molar-refractivity contribution in [3.05, 3.63) is 23.8 Å². The summed E-state index contributed by atoms with van der Waals surface area (Å²) in [5.74, 6) is -3.09. The van der Waals surface area contributed by atoms with E-state index in [4.69, 9.17) is 42.6 Å². The van der Waals surface area contributed by atoms with Crippen LogP contribution in [0.1, 0.15) is 113 Å². The number of aliphatic hydroxyl groups excluding tert-OH is 12. The van der Waals surface area contributed by atoms with Gasteiger partial charge in [-0.05, 0) is 97.2 Å². The Kier molecular flexibility index (Phi) is 19.0. The minimum absolute atomic E-state index is 0.0871. The summed E-state index contributed by atoms with van der Waals surface area (Å²) in [7, 11) is 0. The van der Waals surface area contributed by atoms with Crippen LogP contribution >= 0.6 is 0 Å². The first kappa shape index (κ1) is 64.8. The van der Waals surface area contributed by atoms with E-state index in [1.54, 1.807) is 13.0 Å². The Morgan fingerprint density at radius 2 is 1.33 bits per heavy atom. The molecule has 4 aliphatic heterocycles. The second-order valence-corrected chi connectivity index (χ2v) is 26.9. The number of fused-ring (bicyclic) bond motifs is 7. The van der Waals surface area contributed by atoms with E-state index in [2.05, 4.69) is 40.7 Å². The molecule has 4 saturated carbocycles. The molecule has 472 valence electrons. The lowest BCUT2D eigenvalue weighted by Crippen LogP contribution is -2.70. The van der Waals surface area contributed by atoms with Crippen LogP contribution < -0.4 is 0 Å². The zero-order valence-electron chi connectivity index (χ0n) is 48.3. The van der Waals surface area contributed by atoms with Crippen LogP contribution in [0.5, 0.6) is 0 Å². The Balaban J connectivity index is 1.04. The smallest absolute Gasteiger partial charge is 0.335 e. The summed E-state index contributed by atoms with van der Waals surface area (Å²) >= 11 is 0. The van der Waals surface area contributed by atoms with Gasteiger partial charge in [-0.3, -0.25) is 0 Å². The molecule has 29 atom stereocenters. The van der Waals surface area contributed by atoms with Crippen LogP contribution in [0.2, 0.25) is 0 Å². The number of carbonyl (C=O) groups is 3. The molecule has 4 saturated heterocycles. The van der Waals surface area contributed by atoms with Gasteiger partial charge in [-0.25, -0.2) is 9.59 Å². The first-order chi connectivity index (χ1) is 39.0. The minimum atomic E-state index is -2.26. The van der Waals surface area contributed by atoms with Gasteiger partial charge in [-0.15, -0.1) is 0 Å². The van der Waals surface area contributed by atoms with Gasteiger partial charge in [0.1, 0.15) is 91.7 Å². The molecule has 0 aromatic carbocycles. The Morgan fingerprint density at radius 1 is 0.675 bits per heavy atom. The number of carboxylic acid groups (broad SMARTS) is 1. The van der Waals surface area contributed by atoms with Gasteiger partial charge in [-0.2, -0.15) is 0 Å². The van der Waals surface area contributed by atoms with Crippen LogP contribution in [0, 0.1) is 50.2 Å². The first-order valence-electron chi connectivity index (χ1n) is 29.5. The standard InChI is InChI=1S/C58H90O25/c1-8-9-10-11-36(65)78-35-20-53(2,3)18-27-26-12-13-32-54(4)16-15-34(55(5,24-60)31(54)14-17-56(32,6)57(26,7)19-33(64)58(27,35)25-61)79-52-47(83-50-42(71)40(69)39(68)30(21-59)77-50)44(43(72)45(81-52)48(73)74)80-51-46(38(67)29(63)23-76-51)82-49-41(70)37(66)28(62)22-75-49/h10-12,24,27-35,37-47,49-52,59,61-64,66-72H,8-9,13-23,25H2,1-7H3,(H,73,74)/t27-,28+,29-,30+,31+,32+,33+,34-,35-,37-,38-,39-,40-,41+,42+,43-,44-,45-,46+,47+,49-,50-,51-,52+,54-,55-,56+,57+,58-/m0/s1. The fourth-order valence-electron chi connectivity index (χ4n) is 16.8. The van der Waals surface area contributed by atoms with Crippen LogP contribution in [-0.2, 0) is 57.0 Å². The Morgan fingerprint density at radius 3 is 1.98 bits per heavy atom. The molecular weight excluding hydrogens is 1100 g/mol. The van der Waals surface area contributed by atoms with Crippen LogP contribution in [0.3, 0.4) is 0 Å². The highest BCUT2D eigenvalue weighted by atomic mass is 16.8. The number of ether oxygens (including phenoxy) is 9. The third kappa shape index (κ3) is 11.0. The summed E-state index contributed by atoms with van der Waals surface area (Å²) in [6.07, 6.45) is -25.8. The van der Waals surface area contributed by atoms with E-state index in [0.717, 1.165) is 18.3 Å². The number of aldehydes is 1. The lowest BCUT2D eigenvalue weighted by Gasteiger charge is -2.72. The number of aliphatic hydroxyl groups is 12. The van der Waals surface area contributed by atoms with Gasteiger partial charge in [0.05, 0.1) is 49.5 Å². The van der Waals surface area contributed by atoms with E-state index in [9.17, 15) is 80.8 Å². The largest absolute Gasteiger partial charge is 0.479 e. The van der Waals surface area contributed by atoms with E-state index in [1.165, 1.54) is 6.08 Å². The van der Waals surface area contributed by atoms with E-state index in [1.807, 2.05) is 6.92 Å². The second-order valence-electron chi connectivity index (χ2n) is 26.9. The van der Waals surface area contributed by atoms with Crippen LogP contribution in [0.25, 0.3) is 0 Å². The number of hydrogen-bond acceptors (Lipinski definition) is 24. The molecule has 0 amide bonds. The van der Waals surface area contributed by atoms with Crippen molar-refractivity contribution in [1.29, 1.82) is 0 Å². The summed E-state index contributed by atoms with van der Waals surface area (Å²) in [4.78, 5) is 40.6. The van der Waals surface area contributed by atoms with E-state index in [-0.39, 0.29) is 30.1 Å². The zero-order chi connectivity index (χ0) is 60.7. The monoisotopic (exact) mass is 1190 g/mol. The maximum absolute atomic E-state index is 14.1. The highest BCUT2D eigenvalue weighted by Crippen LogP contribution is 2.76. The van der Waals surface area contributed by atoms with E-state index < -0.39 is 200 Å². The fourth-order valence-corrected chi connectivity index (χ4v) is 16.8. The molecule has 13 N–H and O–H groups in total. The average Bonchev–Trinajstić information content (AvgIpc) is 2.10. The number of carboxylic acids is 1. The maximum Gasteiger partial charge on any atom is 0.335 e. The number of carbonyl (C=O) groups excluding carboxylic acids is 2. The van der Waals surface area contributed by atoms with Gasteiger partial charge in [0.2, 0.25) is 0 Å². The number of esters is 1. The molecule has 4 heterocycles. The van der Waals surface area contributed by atoms with Crippen LogP contribution in [0.4, 0.5) is 0 Å². The Labute approximate surface area is 482 Å². The number of hydrogen-bond donors (Lipinski definition) is 13. The van der Waals surface area contributed by atoms with Crippen molar-refractivity contribution in [2.24, 2.45) is 50.2 Å². The van der Waals surface area contributed by atoms with Gasteiger partial charge < -0.3 is 114 Å².